The van der Waals surface area contributed by atoms with E-state index in [-0.39, 0.29) is 5.54 Å². The van der Waals surface area contributed by atoms with Crippen molar-refractivity contribution in [1.29, 1.82) is 0 Å². The first kappa shape index (κ1) is 11.7. The minimum Gasteiger partial charge on any atom is -0.454 e. The molecule has 0 aliphatic carbocycles. The number of hydrogen-bond acceptors (Lipinski definition) is 3. The second-order valence-corrected chi connectivity index (χ2v) is 5.68. The molecule has 0 aromatic heterocycles. The lowest BCUT2D eigenvalue weighted by atomic mass is 9.93. The van der Waals surface area contributed by atoms with Gasteiger partial charge in [-0.15, -0.1) is 0 Å². The summed E-state index contributed by atoms with van der Waals surface area (Å²) in [5.74, 6) is 1.60. The van der Waals surface area contributed by atoms with Crippen LogP contribution in [-0.4, -0.2) is 12.3 Å². The standard InChI is InChI=1S/C12H16BrNO2/c1-7-4-9-11(16-6-15-9)10(13)8(7)5-12(2,3)14/h4H,5-6,14H2,1-3H3. The van der Waals surface area contributed by atoms with Gasteiger partial charge in [-0.2, -0.15) is 0 Å². The van der Waals surface area contributed by atoms with Gasteiger partial charge >= 0.3 is 0 Å². The monoisotopic (exact) mass is 285 g/mol. The maximum absolute atomic E-state index is 6.06. The number of hydrogen-bond donors (Lipinski definition) is 1. The summed E-state index contributed by atoms with van der Waals surface area (Å²) in [6, 6.07) is 2.01. The van der Waals surface area contributed by atoms with Crippen molar-refractivity contribution in [2.24, 2.45) is 5.73 Å². The minimum absolute atomic E-state index is 0.235. The largest absolute Gasteiger partial charge is 0.454 e. The zero-order chi connectivity index (χ0) is 11.9. The van der Waals surface area contributed by atoms with E-state index in [1.165, 1.54) is 11.1 Å². The molecule has 0 radical (unpaired) electrons. The molecule has 1 aromatic carbocycles. The van der Waals surface area contributed by atoms with Crippen LogP contribution >= 0.6 is 15.9 Å². The Morgan fingerprint density at radius 1 is 1.44 bits per heavy atom. The summed E-state index contributed by atoms with van der Waals surface area (Å²) in [5.41, 5.74) is 8.19. The number of fused-ring (bicyclic) bond motifs is 1. The molecule has 3 nitrogen and oxygen atoms in total. The lowest BCUT2D eigenvalue weighted by molar-refractivity contribution is 0.173. The van der Waals surface area contributed by atoms with E-state index in [0.717, 1.165) is 22.4 Å². The van der Waals surface area contributed by atoms with Crippen LogP contribution in [0, 0.1) is 6.92 Å². The van der Waals surface area contributed by atoms with Gasteiger partial charge in [0.2, 0.25) is 6.79 Å². The summed E-state index contributed by atoms with van der Waals surface area (Å²) < 4.78 is 11.8. The Labute approximate surface area is 104 Å². The van der Waals surface area contributed by atoms with E-state index in [0.29, 0.717) is 6.79 Å². The summed E-state index contributed by atoms with van der Waals surface area (Å²) in [5, 5.41) is 0. The number of nitrogens with two attached hydrogens (primary N) is 1. The van der Waals surface area contributed by atoms with Crippen LogP contribution in [0.5, 0.6) is 11.5 Å². The molecular formula is C12H16BrNO2. The van der Waals surface area contributed by atoms with Crippen molar-refractivity contribution in [2.75, 3.05) is 6.79 Å². The molecule has 4 heteroatoms. The second-order valence-electron chi connectivity index (χ2n) is 4.89. The van der Waals surface area contributed by atoms with Crippen molar-refractivity contribution in [3.63, 3.8) is 0 Å². The maximum atomic E-state index is 6.06. The predicted octanol–water partition coefficient (Wildman–Crippen LogP) is 2.77. The van der Waals surface area contributed by atoms with Crippen LogP contribution in [-0.2, 0) is 6.42 Å². The molecule has 88 valence electrons. The van der Waals surface area contributed by atoms with E-state index in [2.05, 4.69) is 22.9 Å². The van der Waals surface area contributed by atoms with Crippen LogP contribution in [0.4, 0.5) is 0 Å². The van der Waals surface area contributed by atoms with Gasteiger partial charge in [-0.3, -0.25) is 0 Å². The summed E-state index contributed by atoms with van der Waals surface area (Å²) in [7, 11) is 0. The molecule has 0 amide bonds. The van der Waals surface area contributed by atoms with Crippen LogP contribution in [0.15, 0.2) is 10.5 Å². The van der Waals surface area contributed by atoms with Crippen molar-refractivity contribution in [3.8, 4) is 11.5 Å². The van der Waals surface area contributed by atoms with Crippen molar-refractivity contribution in [2.45, 2.75) is 32.7 Å². The van der Waals surface area contributed by atoms with Crippen LogP contribution in [0.1, 0.15) is 25.0 Å². The molecule has 0 bridgehead atoms. The van der Waals surface area contributed by atoms with Crippen molar-refractivity contribution >= 4 is 15.9 Å². The third-order valence-electron chi connectivity index (χ3n) is 2.56. The molecule has 1 aliphatic rings. The molecule has 0 fully saturated rings. The molecule has 0 saturated carbocycles. The molecule has 0 unspecified atom stereocenters. The maximum Gasteiger partial charge on any atom is 0.231 e. The van der Waals surface area contributed by atoms with Gasteiger partial charge < -0.3 is 15.2 Å². The Hall–Kier alpha value is -0.740. The fourth-order valence-electron chi connectivity index (χ4n) is 1.83. The molecule has 16 heavy (non-hydrogen) atoms. The van der Waals surface area contributed by atoms with Crippen LogP contribution < -0.4 is 15.2 Å². The Morgan fingerprint density at radius 3 is 2.75 bits per heavy atom. The normalized spacial score (nSPS) is 14.3. The summed E-state index contributed by atoms with van der Waals surface area (Å²) in [6.07, 6.45) is 0.802. The SMILES string of the molecule is Cc1cc2c(c(Br)c1CC(C)(C)N)OCO2. The Balaban J connectivity index is 2.46. The van der Waals surface area contributed by atoms with E-state index in [1.54, 1.807) is 0 Å². The molecular weight excluding hydrogens is 270 g/mol. The smallest absolute Gasteiger partial charge is 0.231 e. The minimum atomic E-state index is -0.235. The number of benzene rings is 1. The molecule has 1 aromatic rings. The van der Waals surface area contributed by atoms with Gasteiger partial charge in [0.25, 0.3) is 0 Å². The highest BCUT2D eigenvalue weighted by molar-refractivity contribution is 9.10. The van der Waals surface area contributed by atoms with Gasteiger partial charge in [0.15, 0.2) is 11.5 Å². The van der Waals surface area contributed by atoms with Gasteiger partial charge in [-0.05, 0) is 60.3 Å². The van der Waals surface area contributed by atoms with Gasteiger partial charge in [0.1, 0.15) is 0 Å². The highest BCUT2D eigenvalue weighted by Crippen LogP contribution is 2.43. The number of halogens is 1. The van der Waals surface area contributed by atoms with Crippen molar-refractivity contribution < 1.29 is 9.47 Å². The summed E-state index contributed by atoms with van der Waals surface area (Å²) >= 11 is 3.58. The summed E-state index contributed by atoms with van der Waals surface area (Å²) in [4.78, 5) is 0. The lowest BCUT2D eigenvalue weighted by Gasteiger charge is -2.21. The van der Waals surface area contributed by atoms with Crippen LogP contribution in [0.25, 0.3) is 0 Å². The topological polar surface area (TPSA) is 44.5 Å². The van der Waals surface area contributed by atoms with Gasteiger partial charge in [0, 0.05) is 5.54 Å². The van der Waals surface area contributed by atoms with E-state index >= 15 is 0 Å². The van der Waals surface area contributed by atoms with Crippen molar-refractivity contribution in [3.05, 3.63) is 21.7 Å². The molecule has 1 heterocycles. The third kappa shape index (κ3) is 2.18. The molecule has 2 N–H and O–H groups in total. The first-order chi connectivity index (χ1) is 7.38. The van der Waals surface area contributed by atoms with Crippen molar-refractivity contribution in [1.82, 2.24) is 0 Å². The zero-order valence-electron chi connectivity index (χ0n) is 9.76. The zero-order valence-corrected chi connectivity index (χ0v) is 11.3. The van der Waals surface area contributed by atoms with E-state index in [9.17, 15) is 0 Å². The van der Waals surface area contributed by atoms with Gasteiger partial charge in [-0.25, -0.2) is 0 Å². The Morgan fingerprint density at radius 2 is 2.12 bits per heavy atom. The lowest BCUT2D eigenvalue weighted by Crippen LogP contribution is -2.34. The van der Waals surface area contributed by atoms with Crippen LogP contribution in [0.3, 0.4) is 0 Å². The fraction of sp³-hybridized carbons (Fsp3) is 0.500. The average Bonchev–Trinajstić information content (AvgIpc) is 2.58. The summed E-state index contributed by atoms with van der Waals surface area (Å²) in [6.45, 7) is 6.39. The molecule has 0 atom stereocenters. The first-order valence-electron chi connectivity index (χ1n) is 5.25. The predicted molar refractivity (Wildman–Crippen MR) is 67.0 cm³/mol. The number of rotatable bonds is 2. The quantitative estimate of drug-likeness (QED) is 0.909. The average molecular weight is 286 g/mol. The first-order valence-corrected chi connectivity index (χ1v) is 6.04. The second kappa shape index (κ2) is 3.93. The third-order valence-corrected chi connectivity index (χ3v) is 3.40. The fourth-order valence-corrected chi connectivity index (χ4v) is 2.60. The van der Waals surface area contributed by atoms with Gasteiger partial charge in [0.05, 0.1) is 4.47 Å². The molecule has 2 rings (SSSR count). The van der Waals surface area contributed by atoms with E-state index in [1.807, 2.05) is 19.9 Å². The molecule has 1 aliphatic heterocycles. The van der Waals surface area contributed by atoms with Crippen LogP contribution in [0.2, 0.25) is 0 Å². The Kier molecular flexibility index (Phi) is 2.88. The highest BCUT2D eigenvalue weighted by Gasteiger charge is 2.24. The number of aryl methyl sites for hydroxylation is 1. The van der Waals surface area contributed by atoms with E-state index < -0.39 is 0 Å². The highest BCUT2D eigenvalue weighted by atomic mass is 79.9. The van der Waals surface area contributed by atoms with Gasteiger partial charge in [-0.1, -0.05) is 0 Å². The Bertz CT molecular complexity index is 424. The number of ether oxygens (including phenoxy) is 2. The van der Waals surface area contributed by atoms with E-state index in [4.69, 9.17) is 15.2 Å². The molecule has 0 saturated heterocycles. The molecule has 0 spiro atoms.